The van der Waals surface area contributed by atoms with Crippen molar-refractivity contribution in [2.24, 2.45) is 0 Å². The minimum atomic E-state index is 0.179. The molecule has 0 amide bonds. The number of hydrogen-bond acceptors (Lipinski definition) is 4. The van der Waals surface area contributed by atoms with E-state index in [0.717, 1.165) is 15.8 Å². The van der Waals surface area contributed by atoms with Crippen molar-refractivity contribution in [2.45, 2.75) is 0 Å². The Kier molecular flexibility index (Phi) is 3.12. The third kappa shape index (κ3) is 2.17. The van der Waals surface area contributed by atoms with Gasteiger partial charge in [-0.25, -0.2) is 9.97 Å². The van der Waals surface area contributed by atoms with Crippen LogP contribution in [0.2, 0.25) is 5.28 Å². The minimum absolute atomic E-state index is 0.179. The number of rotatable bonds is 2. The van der Waals surface area contributed by atoms with Crippen molar-refractivity contribution in [3.05, 3.63) is 34.3 Å². The molecule has 19 heavy (non-hydrogen) atoms. The number of benzene rings is 1. The molecule has 0 aliphatic rings. The van der Waals surface area contributed by atoms with Crippen LogP contribution in [0.4, 0.5) is 0 Å². The molecule has 2 aromatic heterocycles. The molecule has 1 aromatic carbocycles. The molecule has 1 N–H and O–H groups in total. The molecule has 0 bridgehead atoms. The predicted molar refractivity (Wildman–Crippen MR) is 76.4 cm³/mol. The van der Waals surface area contributed by atoms with E-state index in [2.05, 4.69) is 35.9 Å². The maximum Gasteiger partial charge on any atom is 0.225 e. The van der Waals surface area contributed by atoms with Crippen molar-refractivity contribution in [2.75, 3.05) is 7.11 Å². The topological polar surface area (TPSA) is 63.7 Å². The molecule has 0 saturated heterocycles. The predicted octanol–water partition coefficient (Wildman–Crippen LogP) is 3.44. The smallest absolute Gasteiger partial charge is 0.225 e. The van der Waals surface area contributed by atoms with Crippen molar-refractivity contribution in [1.82, 2.24) is 19.9 Å². The van der Waals surface area contributed by atoms with Gasteiger partial charge in [-0.05, 0) is 45.7 Å². The largest absolute Gasteiger partial charge is 0.496 e. The van der Waals surface area contributed by atoms with Gasteiger partial charge in [0.2, 0.25) is 5.28 Å². The van der Waals surface area contributed by atoms with Gasteiger partial charge in [-0.3, -0.25) is 0 Å². The summed E-state index contributed by atoms with van der Waals surface area (Å²) in [6, 6.07) is 5.66. The van der Waals surface area contributed by atoms with Crippen LogP contribution >= 0.6 is 27.5 Å². The van der Waals surface area contributed by atoms with E-state index in [-0.39, 0.29) is 5.28 Å². The first-order valence-electron chi connectivity index (χ1n) is 5.39. The zero-order valence-corrected chi connectivity index (χ0v) is 12.2. The van der Waals surface area contributed by atoms with E-state index < -0.39 is 0 Å². The van der Waals surface area contributed by atoms with E-state index in [9.17, 15) is 0 Å². The second kappa shape index (κ2) is 4.79. The molecule has 3 aromatic rings. The molecule has 0 radical (unpaired) electrons. The van der Waals surface area contributed by atoms with Crippen LogP contribution < -0.4 is 4.74 Å². The second-order valence-electron chi connectivity index (χ2n) is 3.79. The van der Waals surface area contributed by atoms with E-state index in [0.29, 0.717) is 16.9 Å². The van der Waals surface area contributed by atoms with Crippen LogP contribution in [0.15, 0.2) is 29.0 Å². The molecular formula is C12H8BrClN4O. The van der Waals surface area contributed by atoms with Crippen molar-refractivity contribution < 1.29 is 4.74 Å². The van der Waals surface area contributed by atoms with E-state index >= 15 is 0 Å². The molecule has 0 unspecified atom stereocenters. The Labute approximate surface area is 122 Å². The fourth-order valence-electron chi connectivity index (χ4n) is 1.82. The molecule has 5 nitrogen and oxygen atoms in total. The molecule has 0 fully saturated rings. The number of ether oxygens (including phenoxy) is 1. The van der Waals surface area contributed by atoms with Gasteiger partial charge < -0.3 is 9.72 Å². The third-order valence-corrected chi connectivity index (χ3v) is 3.47. The standard InChI is InChI=1S/C12H8BrClN4O/c1-19-8-3-2-6(4-7(8)13)9-10-11(16-5-15-10)18-12(14)17-9/h2-5H,1H3,(H,15,16,17,18). The summed E-state index contributed by atoms with van der Waals surface area (Å²) in [4.78, 5) is 15.5. The zero-order valence-electron chi connectivity index (χ0n) is 9.82. The lowest BCUT2D eigenvalue weighted by Gasteiger charge is -2.06. The maximum atomic E-state index is 5.92. The summed E-state index contributed by atoms with van der Waals surface area (Å²) in [5.74, 6) is 0.752. The van der Waals surface area contributed by atoms with Crippen LogP contribution in [0.5, 0.6) is 5.75 Å². The summed E-state index contributed by atoms with van der Waals surface area (Å²) in [5.41, 5.74) is 2.86. The monoisotopic (exact) mass is 338 g/mol. The Hall–Kier alpha value is -1.66. The number of methoxy groups -OCH3 is 1. The normalized spacial score (nSPS) is 10.9. The average molecular weight is 340 g/mol. The SMILES string of the molecule is COc1ccc(-c2nc(Cl)nc3[nH]cnc23)cc1Br. The third-order valence-electron chi connectivity index (χ3n) is 2.68. The van der Waals surface area contributed by atoms with E-state index in [4.69, 9.17) is 16.3 Å². The number of H-pyrrole nitrogens is 1. The Morgan fingerprint density at radius 1 is 1.32 bits per heavy atom. The number of nitrogens with one attached hydrogen (secondary N) is 1. The highest BCUT2D eigenvalue weighted by Gasteiger charge is 2.12. The molecule has 7 heteroatoms. The quantitative estimate of drug-likeness (QED) is 0.726. The Morgan fingerprint density at radius 2 is 2.16 bits per heavy atom. The van der Waals surface area contributed by atoms with Crippen molar-refractivity contribution >= 4 is 38.7 Å². The summed E-state index contributed by atoms with van der Waals surface area (Å²) in [5, 5.41) is 0.179. The summed E-state index contributed by atoms with van der Waals surface area (Å²) in [7, 11) is 1.62. The summed E-state index contributed by atoms with van der Waals surface area (Å²) in [6.45, 7) is 0. The summed E-state index contributed by atoms with van der Waals surface area (Å²) in [6.07, 6.45) is 1.57. The van der Waals surface area contributed by atoms with Gasteiger partial charge in [0.05, 0.1) is 17.9 Å². The van der Waals surface area contributed by atoms with Gasteiger partial charge >= 0.3 is 0 Å². The molecule has 0 aliphatic carbocycles. The van der Waals surface area contributed by atoms with Crippen LogP contribution in [0, 0.1) is 0 Å². The highest BCUT2D eigenvalue weighted by molar-refractivity contribution is 9.10. The average Bonchev–Trinajstić information content (AvgIpc) is 2.85. The molecular weight excluding hydrogens is 332 g/mol. The summed E-state index contributed by atoms with van der Waals surface area (Å²) < 4.78 is 6.04. The zero-order chi connectivity index (χ0) is 13.4. The van der Waals surface area contributed by atoms with Gasteiger partial charge in [0.15, 0.2) is 5.65 Å². The number of aromatic nitrogens is 4. The number of halogens is 2. The Morgan fingerprint density at radius 3 is 2.89 bits per heavy atom. The number of nitrogens with zero attached hydrogens (tertiary/aromatic N) is 3. The van der Waals surface area contributed by atoms with Crippen LogP contribution in [-0.4, -0.2) is 27.0 Å². The second-order valence-corrected chi connectivity index (χ2v) is 4.98. The fourth-order valence-corrected chi connectivity index (χ4v) is 2.53. The van der Waals surface area contributed by atoms with Gasteiger partial charge in [-0.2, -0.15) is 4.98 Å². The number of aromatic amines is 1. The van der Waals surface area contributed by atoms with Crippen LogP contribution in [0.25, 0.3) is 22.4 Å². The Bertz CT molecular complexity index is 759. The first kappa shape index (κ1) is 12.4. The molecule has 0 saturated carbocycles. The molecule has 0 aliphatic heterocycles. The van der Waals surface area contributed by atoms with Gasteiger partial charge in [0.1, 0.15) is 17.0 Å². The van der Waals surface area contributed by atoms with E-state index in [1.165, 1.54) is 0 Å². The lowest BCUT2D eigenvalue weighted by Crippen LogP contribution is -1.92. The number of imidazole rings is 1. The molecule has 0 atom stereocenters. The van der Waals surface area contributed by atoms with Crippen molar-refractivity contribution in [1.29, 1.82) is 0 Å². The first-order valence-corrected chi connectivity index (χ1v) is 6.56. The van der Waals surface area contributed by atoms with Crippen molar-refractivity contribution in [3.8, 4) is 17.0 Å². The molecule has 2 heterocycles. The first-order chi connectivity index (χ1) is 9.19. The van der Waals surface area contributed by atoms with Gasteiger partial charge in [0.25, 0.3) is 0 Å². The molecule has 96 valence electrons. The van der Waals surface area contributed by atoms with Gasteiger partial charge in [-0.15, -0.1) is 0 Å². The maximum absolute atomic E-state index is 5.92. The van der Waals surface area contributed by atoms with E-state index in [1.54, 1.807) is 13.4 Å². The lowest BCUT2D eigenvalue weighted by atomic mass is 10.1. The fraction of sp³-hybridized carbons (Fsp3) is 0.0833. The Balaban J connectivity index is 2.23. The number of fused-ring (bicyclic) bond motifs is 1. The van der Waals surface area contributed by atoms with Crippen LogP contribution in [0.1, 0.15) is 0 Å². The van der Waals surface area contributed by atoms with Crippen LogP contribution in [0.3, 0.4) is 0 Å². The highest BCUT2D eigenvalue weighted by atomic mass is 79.9. The van der Waals surface area contributed by atoms with E-state index in [1.807, 2.05) is 18.2 Å². The van der Waals surface area contributed by atoms with Crippen molar-refractivity contribution in [3.63, 3.8) is 0 Å². The number of hydrogen-bond donors (Lipinski definition) is 1. The highest BCUT2D eigenvalue weighted by Crippen LogP contribution is 2.32. The van der Waals surface area contributed by atoms with Gasteiger partial charge in [0, 0.05) is 5.56 Å². The summed E-state index contributed by atoms with van der Waals surface area (Å²) >= 11 is 9.37. The lowest BCUT2D eigenvalue weighted by molar-refractivity contribution is 0.412. The molecule has 0 spiro atoms. The molecule has 3 rings (SSSR count). The van der Waals surface area contributed by atoms with Crippen LogP contribution in [-0.2, 0) is 0 Å². The van der Waals surface area contributed by atoms with Gasteiger partial charge in [-0.1, -0.05) is 0 Å². The minimum Gasteiger partial charge on any atom is -0.496 e.